The van der Waals surface area contributed by atoms with Gasteiger partial charge in [0, 0.05) is 17.2 Å². The summed E-state index contributed by atoms with van der Waals surface area (Å²) in [6.45, 7) is 7.55. The molecule has 0 bridgehead atoms. The number of phosphoric ester groups is 1. The van der Waals surface area contributed by atoms with Gasteiger partial charge in [0.25, 0.3) is 0 Å². The highest BCUT2D eigenvalue weighted by molar-refractivity contribution is 8.01. The van der Waals surface area contributed by atoms with Crippen molar-refractivity contribution >= 4 is 31.8 Å². The molecule has 3 aromatic rings. The molecular weight excluding hydrogens is 752 g/mol. The van der Waals surface area contributed by atoms with Crippen molar-refractivity contribution in [3.63, 3.8) is 0 Å². The summed E-state index contributed by atoms with van der Waals surface area (Å²) in [5.41, 5.74) is -2.03. The molecule has 0 spiro atoms. The molecule has 1 fully saturated rings. The number of hydrogen-bond donors (Lipinski definition) is 1. The quantitative estimate of drug-likeness (QED) is 0.0516. The van der Waals surface area contributed by atoms with Crippen LogP contribution in [-0.2, 0) is 44.5 Å². The lowest BCUT2D eigenvalue weighted by molar-refractivity contribution is -0.146. The Labute approximate surface area is 314 Å². The van der Waals surface area contributed by atoms with Crippen LogP contribution in [0.4, 0.5) is 18.0 Å². The van der Waals surface area contributed by atoms with E-state index in [2.05, 4.69) is 23.2 Å². The fourth-order valence-electron chi connectivity index (χ4n) is 5.44. The molecule has 2 unspecified atom stereocenters. The minimum Gasteiger partial charge on any atom is -0.450 e. The SMILES string of the molecule is C=CCOP(=O)(OCC=C)OCCC(C)(SC1COC(C=CC=Cc2ccc(C#N)cc2F)OC1)C(Cn1cncn1)(OC(=O)O)c1ccc(F)cc1F. The highest BCUT2D eigenvalue weighted by Crippen LogP contribution is 2.54. The number of phosphoric acid groups is 1. The molecule has 1 aliphatic rings. The van der Waals surface area contributed by atoms with E-state index in [1.807, 2.05) is 6.07 Å². The van der Waals surface area contributed by atoms with Gasteiger partial charge in [-0.3, -0.25) is 13.6 Å². The zero-order valence-electron chi connectivity index (χ0n) is 29.1. The topological polar surface area (TPSA) is 164 Å². The molecule has 18 heteroatoms. The van der Waals surface area contributed by atoms with Gasteiger partial charge in [-0.05, 0) is 43.7 Å². The molecule has 2 atom stereocenters. The monoisotopic (exact) mass is 790 g/mol. The number of thioether (sulfide) groups is 1. The molecule has 1 aliphatic heterocycles. The molecule has 1 saturated heterocycles. The van der Waals surface area contributed by atoms with Gasteiger partial charge in [0.15, 0.2) is 11.9 Å². The number of allylic oxidation sites excluding steroid dienone is 2. The third-order valence-corrected chi connectivity index (χ3v) is 11.1. The maximum absolute atomic E-state index is 15.9. The average Bonchev–Trinajstić information content (AvgIpc) is 3.65. The molecule has 1 N–H and O–H groups in total. The lowest BCUT2D eigenvalue weighted by Gasteiger charge is -2.48. The number of nitrogens with zero attached hydrogens (tertiary/aromatic N) is 4. The van der Waals surface area contributed by atoms with Gasteiger partial charge in [0.2, 0.25) is 0 Å². The Kier molecular flexibility index (Phi) is 15.4. The molecule has 288 valence electrons. The van der Waals surface area contributed by atoms with Crippen LogP contribution in [0.25, 0.3) is 6.08 Å². The number of carbonyl (C=O) groups is 1. The van der Waals surface area contributed by atoms with E-state index in [0.717, 1.165) is 30.0 Å². The summed E-state index contributed by atoms with van der Waals surface area (Å²) in [4.78, 5) is 16.4. The van der Waals surface area contributed by atoms with Crippen LogP contribution in [-0.4, -0.2) is 75.3 Å². The summed E-state index contributed by atoms with van der Waals surface area (Å²) < 4.78 is 91.3. The Morgan fingerprint density at radius 2 is 1.83 bits per heavy atom. The average molecular weight is 791 g/mol. The first-order valence-electron chi connectivity index (χ1n) is 16.3. The fraction of sp³-hybridized carbons (Fsp3) is 0.333. The van der Waals surface area contributed by atoms with Crippen molar-refractivity contribution in [2.45, 2.75) is 41.8 Å². The zero-order chi connectivity index (χ0) is 39.2. The van der Waals surface area contributed by atoms with Crippen molar-refractivity contribution < 1.29 is 55.4 Å². The number of carboxylic acid groups (broad SMARTS) is 1. The maximum atomic E-state index is 15.9. The van der Waals surface area contributed by atoms with E-state index in [1.165, 1.54) is 47.7 Å². The molecule has 2 aromatic carbocycles. The molecule has 0 saturated carbocycles. The first-order chi connectivity index (χ1) is 25.9. The third kappa shape index (κ3) is 11.2. The summed E-state index contributed by atoms with van der Waals surface area (Å²) in [5.74, 6) is -2.57. The van der Waals surface area contributed by atoms with Crippen LogP contribution in [0.15, 0.2) is 92.6 Å². The third-order valence-electron chi connectivity index (χ3n) is 7.97. The summed E-state index contributed by atoms with van der Waals surface area (Å²) in [5, 5.41) is 22.6. The minimum absolute atomic E-state index is 0.0475. The van der Waals surface area contributed by atoms with Crippen LogP contribution in [0.5, 0.6) is 0 Å². The van der Waals surface area contributed by atoms with E-state index in [4.69, 9.17) is 33.0 Å². The number of rotatable bonds is 20. The minimum atomic E-state index is -4.21. The second kappa shape index (κ2) is 19.7. The predicted octanol–water partition coefficient (Wildman–Crippen LogP) is 7.58. The normalized spacial score (nSPS) is 18.5. The van der Waals surface area contributed by atoms with E-state index in [0.29, 0.717) is 6.07 Å². The lowest BCUT2D eigenvalue weighted by Crippen LogP contribution is -2.55. The first kappa shape index (κ1) is 42.2. The van der Waals surface area contributed by atoms with Gasteiger partial charge in [-0.2, -0.15) is 10.4 Å². The largest absolute Gasteiger partial charge is 0.506 e. The van der Waals surface area contributed by atoms with Crippen molar-refractivity contribution in [3.8, 4) is 6.07 Å². The first-order valence-corrected chi connectivity index (χ1v) is 18.6. The molecule has 13 nitrogen and oxygen atoms in total. The van der Waals surface area contributed by atoms with Gasteiger partial charge in [0.1, 0.15) is 30.1 Å². The predicted molar refractivity (Wildman–Crippen MR) is 192 cm³/mol. The number of ether oxygens (including phenoxy) is 3. The second-order valence-electron chi connectivity index (χ2n) is 11.7. The summed E-state index contributed by atoms with van der Waals surface area (Å²) in [6, 6.07) is 8.64. The lowest BCUT2D eigenvalue weighted by atomic mass is 9.78. The maximum Gasteiger partial charge on any atom is 0.506 e. The Balaban J connectivity index is 1.65. The Hall–Kier alpha value is -4.53. The van der Waals surface area contributed by atoms with Gasteiger partial charge in [-0.15, -0.1) is 24.9 Å². The van der Waals surface area contributed by atoms with Crippen molar-refractivity contribution in [2.75, 3.05) is 33.0 Å². The molecule has 54 heavy (non-hydrogen) atoms. The molecular formula is C36H38F3N4O9PS. The number of benzene rings is 2. The summed E-state index contributed by atoms with van der Waals surface area (Å²) >= 11 is 1.12. The number of halogens is 3. The van der Waals surface area contributed by atoms with Crippen LogP contribution < -0.4 is 0 Å². The summed E-state index contributed by atoms with van der Waals surface area (Å²) in [6.07, 6.45) is 8.63. The van der Waals surface area contributed by atoms with Crippen LogP contribution in [0.3, 0.4) is 0 Å². The fourth-order valence-corrected chi connectivity index (χ4v) is 8.19. The van der Waals surface area contributed by atoms with E-state index < -0.39 is 66.5 Å². The van der Waals surface area contributed by atoms with Crippen LogP contribution in [0.2, 0.25) is 0 Å². The smallest absolute Gasteiger partial charge is 0.450 e. The summed E-state index contributed by atoms with van der Waals surface area (Å²) in [7, 11) is -4.21. The van der Waals surface area contributed by atoms with Gasteiger partial charge in [-0.1, -0.05) is 36.4 Å². The van der Waals surface area contributed by atoms with Crippen LogP contribution in [0.1, 0.15) is 30.0 Å². The highest BCUT2D eigenvalue weighted by Gasteiger charge is 2.56. The molecule has 0 amide bonds. The number of nitriles is 1. The van der Waals surface area contributed by atoms with Gasteiger partial charge in [0.05, 0.1) is 61.2 Å². The number of hydrogen-bond acceptors (Lipinski definition) is 12. The second-order valence-corrected chi connectivity index (χ2v) is 15.2. The van der Waals surface area contributed by atoms with Crippen LogP contribution in [0, 0.1) is 28.8 Å². The van der Waals surface area contributed by atoms with Gasteiger partial charge < -0.3 is 19.3 Å². The molecule has 0 aliphatic carbocycles. The molecule has 2 heterocycles. The molecule has 4 rings (SSSR count). The Bertz CT molecular complexity index is 1890. The van der Waals surface area contributed by atoms with E-state index in [1.54, 1.807) is 25.2 Å². The molecule has 1 aromatic heterocycles. The Morgan fingerprint density at radius 3 is 2.43 bits per heavy atom. The van der Waals surface area contributed by atoms with Crippen molar-refractivity contribution in [1.29, 1.82) is 5.26 Å². The number of aromatic nitrogens is 3. The Morgan fingerprint density at radius 1 is 1.11 bits per heavy atom. The van der Waals surface area contributed by atoms with Crippen molar-refractivity contribution in [3.05, 3.63) is 127 Å². The van der Waals surface area contributed by atoms with E-state index in [9.17, 15) is 23.2 Å². The van der Waals surface area contributed by atoms with E-state index >= 15 is 4.39 Å². The van der Waals surface area contributed by atoms with Gasteiger partial charge >= 0.3 is 14.0 Å². The zero-order valence-corrected chi connectivity index (χ0v) is 30.8. The van der Waals surface area contributed by atoms with Gasteiger partial charge in [-0.25, -0.2) is 32.2 Å². The van der Waals surface area contributed by atoms with Crippen LogP contribution >= 0.6 is 19.6 Å². The van der Waals surface area contributed by atoms with Crippen molar-refractivity contribution in [2.24, 2.45) is 0 Å². The molecule has 0 radical (unpaired) electrons. The standard InChI is InChI=1S/C36H38F3N4O9PS/c1-4-15-49-53(46,50-16-5-2)51-17-14-35(3,36(52-34(44)45,23-43-25-41-24-42-43)30-13-12-28(37)19-32(30)39)54-29-21-47-33(48-22-29)9-7-6-8-27-11-10-26(20-40)18-31(27)38/h4-13,18-19,24-25,29,33H,1-2,14-17,21-23H2,3H3,(H,44,45). The van der Waals surface area contributed by atoms with E-state index in [-0.39, 0.29) is 49.5 Å². The highest BCUT2D eigenvalue weighted by atomic mass is 32.2. The van der Waals surface area contributed by atoms with Crippen molar-refractivity contribution in [1.82, 2.24) is 14.8 Å².